The molecule has 0 spiro atoms. The van der Waals surface area contributed by atoms with Gasteiger partial charge >= 0.3 is 35.0 Å². The average molecular weight is 767 g/mol. The van der Waals surface area contributed by atoms with Crippen molar-refractivity contribution in [2.24, 2.45) is 23.7 Å². The Bertz CT molecular complexity index is 2260. The molecule has 6 rings (SSSR count). The molecule has 9 nitrogen and oxygen atoms in total. The minimum atomic E-state index is -1.22. The SMILES string of the molecule is C=Cc1c2[n-]c(c1C)/C=C1\[N-]/C(=C3\c4[n-]c(c(C)c4C(=O)[C@@H]3C(=O)OC)/C=c3\[n-]/c(c(C)c3CC)=C\2)[C@@H](CCC(=O)OC/C=C(\C)CCC[C@H](C)CC)[C@@H]1C.[Mg+2]. The Hall–Kier alpha value is -4.28. The van der Waals surface area contributed by atoms with Gasteiger partial charge in [0.05, 0.1) is 7.11 Å². The van der Waals surface area contributed by atoms with Crippen molar-refractivity contribution >= 4 is 70.7 Å². The van der Waals surface area contributed by atoms with E-state index in [0.29, 0.717) is 46.1 Å². The van der Waals surface area contributed by atoms with Crippen LogP contribution in [0.15, 0.2) is 29.6 Å². The van der Waals surface area contributed by atoms with Gasteiger partial charge in [-0.05, 0) is 82.8 Å². The Labute approximate surface area is 347 Å². The second-order valence-corrected chi connectivity index (χ2v) is 15.5. The fourth-order valence-electron chi connectivity index (χ4n) is 8.31. The van der Waals surface area contributed by atoms with Crippen molar-refractivity contribution in [3.05, 3.63) is 102 Å². The summed E-state index contributed by atoms with van der Waals surface area (Å²) >= 11 is 0. The normalized spacial score (nSPS) is 22.5. The van der Waals surface area contributed by atoms with Crippen LogP contribution in [0.2, 0.25) is 0 Å². The Morgan fingerprint density at radius 2 is 1.68 bits per heavy atom. The first kappa shape index (κ1) is 42.9. The van der Waals surface area contributed by atoms with Crippen LogP contribution in [0.3, 0.4) is 0 Å². The molecule has 0 amide bonds. The number of ether oxygens (including phenoxy) is 2. The number of methoxy groups -OCH3 is 1. The molecule has 0 unspecified atom stereocenters. The standard InChI is InChI=1S/C46H55N4O5.Mg/c1-11-24(4)15-14-16-25(5)19-20-55-39(51)18-17-32-28(8)35-21-33-26(6)30(12-2)37(47-33)22-34-27(7)31(13-3)38(48-34)23-36-29(9)40-44(50-36)41(43(32)49-35)42(45(40)52)46(53)54-10;/h12,19,21-24,28,32,42H,2,11,13-18,20H2,1,3-10H3,(H-,49,50,52);/q-3;+2/p-1/b25-19+,34-22-,35-21-,38-23-;/t24-,28+,32+,42-;/m1./s1. The van der Waals surface area contributed by atoms with E-state index in [2.05, 4.69) is 48.1 Å². The van der Waals surface area contributed by atoms with Gasteiger partial charge in [-0.3, -0.25) is 14.4 Å². The summed E-state index contributed by atoms with van der Waals surface area (Å²) in [6.45, 7) is 21.0. The molecule has 3 aromatic rings. The zero-order valence-electron chi connectivity index (χ0n) is 34.6. The summed E-state index contributed by atoms with van der Waals surface area (Å²) in [4.78, 5) is 56.1. The van der Waals surface area contributed by atoms with Crippen molar-refractivity contribution in [2.75, 3.05) is 13.7 Å². The molecule has 292 valence electrons. The number of nitrogens with zero attached hydrogens (tertiary/aromatic N) is 4. The number of carbonyl (C=O) groups is 3. The number of carbonyl (C=O) groups excluding carboxylic acids is 3. The zero-order valence-corrected chi connectivity index (χ0v) is 36.0. The van der Waals surface area contributed by atoms with E-state index in [0.717, 1.165) is 69.3 Å². The monoisotopic (exact) mass is 766 g/mol. The summed E-state index contributed by atoms with van der Waals surface area (Å²) in [7, 11) is 1.29. The molecule has 0 saturated carbocycles. The van der Waals surface area contributed by atoms with Crippen molar-refractivity contribution in [1.29, 1.82) is 0 Å². The topological polar surface area (TPSA) is 126 Å². The maximum absolute atomic E-state index is 14.3. The van der Waals surface area contributed by atoms with Gasteiger partial charge in [0.25, 0.3) is 0 Å². The van der Waals surface area contributed by atoms with E-state index < -0.39 is 11.9 Å². The minimum absolute atomic E-state index is 0. The van der Waals surface area contributed by atoms with E-state index in [4.69, 9.17) is 29.7 Å². The van der Waals surface area contributed by atoms with Crippen LogP contribution in [0.4, 0.5) is 0 Å². The number of esters is 2. The van der Waals surface area contributed by atoms with Gasteiger partial charge in [-0.25, -0.2) is 0 Å². The molecule has 5 heterocycles. The summed E-state index contributed by atoms with van der Waals surface area (Å²) in [6, 6.07) is 0. The third-order valence-electron chi connectivity index (χ3n) is 12.0. The van der Waals surface area contributed by atoms with E-state index in [9.17, 15) is 14.4 Å². The molecular weight excluding hydrogens is 713 g/mol. The second-order valence-electron chi connectivity index (χ2n) is 15.5. The fourth-order valence-corrected chi connectivity index (χ4v) is 8.31. The van der Waals surface area contributed by atoms with Gasteiger partial charge in [0, 0.05) is 12.0 Å². The first-order valence-electron chi connectivity index (χ1n) is 19.8. The number of rotatable bonds is 13. The third kappa shape index (κ3) is 8.10. The molecule has 1 saturated heterocycles. The van der Waals surface area contributed by atoms with Gasteiger partial charge in [-0.15, -0.1) is 33.5 Å². The first-order chi connectivity index (χ1) is 26.3. The zero-order chi connectivity index (χ0) is 39.7. The van der Waals surface area contributed by atoms with E-state index in [1.54, 1.807) is 0 Å². The van der Waals surface area contributed by atoms with Crippen LogP contribution < -0.4 is 25.7 Å². The Morgan fingerprint density at radius 1 is 0.964 bits per heavy atom. The van der Waals surface area contributed by atoms with Crippen LogP contribution >= 0.6 is 0 Å². The van der Waals surface area contributed by atoms with Crippen LogP contribution in [0.25, 0.3) is 35.2 Å². The summed E-state index contributed by atoms with van der Waals surface area (Å²) in [6.07, 6.45) is 15.5. The molecule has 8 bridgehead atoms. The molecular formula is C46H54MgN4O5-2. The maximum Gasteiger partial charge on any atom is 2.00 e. The fraction of sp³-hybridized carbons (Fsp3) is 0.457. The molecule has 2 aliphatic heterocycles. The number of allylic oxidation sites excluding steroid dienone is 3. The predicted molar refractivity (Wildman–Crippen MR) is 223 cm³/mol. The van der Waals surface area contributed by atoms with Crippen molar-refractivity contribution in [1.82, 2.24) is 15.0 Å². The van der Waals surface area contributed by atoms with Crippen LogP contribution in [-0.4, -0.2) is 54.5 Å². The van der Waals surface area contributed by atoms with E-state index in [1.807, 2.05) is 44.2 Å². The summed E-state index contributed by atoms with van der Waals surface area (Å²) in [5, 5.41) is 6.80. The van der Waals surface area contributed by atoms with Gasteiger partial charge in [0.2, 0.25) is 0 Å². The molecule has 10 heteroatoms. The van der Waals surface area contributed by atoms with Crippen molar-refractivity contribution < 1.29 is 23.9 Å². The van der Waals surface area contributed by atoms with Crippen molar-refractivity contribution in [3.63, 3.8) is 0 Å². The molecule has 0 aromatic carbocycles. The summed E-state index contributed by atoms with van der Waals surface area (Å²) in [5.74, 6) is -2.33. The molecule has 0 N–H and O–H groups in total. The average Bonchev–Trinajstić information content (AvgIpc) is 3.90. The third-order valence-corrected chi connectivity index (χ3v) is 12.0. The number of hydrogen-bond acceptors (Lipinski definition) is 5. The molecule has 56 heavy (non-hydrogen) atoms. The quantitative estimate of drug-likeness (QED) is 0.0778. The van der Waals surface area contributed by atoms with Gasteiger partial charge in [0.1, 0.15) is 12.5 Å². The molecule has 3 aromatic heterocycles. The largest absolute Gasteiger partial charge is 2.00 e. The molecule has 3 aliphatic rings. The minimum Gasteiger partial charge on any atom is -0.664 e. The number of fused-ring (bicyclic) bond motifs is 7. The van der Waals surface area contributed by atoms with Crippen molar-refractivity contribution in [2.45, 2.75) is 100 Å². The number of Topliss-reactive ketones (excluding diaryl/α,β-unsaturated/α-hetero) is 1. The van der Waals surface area contributed by atoms with Gasteiger partial charge < -0.3 is 29.7 Å². The summed E-state index contributed by atoms with van der Waals surface area (Å²) < 4.78 is 10.9. The Balaban J connectivity index is 0.00000600. The van der Waals surface area contributed by atoms with E-state index in [1.165, 1.54) is 25.5 Å². The van der Waals surface area contributed by atoms with E-state index in [-0.39, 0.29) is 59.7 Å². The smallest absolute Gasteiger partial charge is 0.664 e. The van der Waals surface area contributed by atoms with Crippen LogP contribution in [-0.2, 0) is 25.5 Å². The Kier molecular flexibility index (Phi) is 13.7. The van der Waals surface area contributed by atoms with Gasteiger partial charge in [-0.2, -0.15) is 11.4 Å². The number of hydrogen-bond donors (Lipinski definition) is 0. The van der Waals surface area contributed by atoms with Crippen LogP contribution in [0.1, 0.15) is 134 Å². The number of ketones is 1. The number of aromatic nitrogens is 3. The molecule has 1 aliphatic carbocycles. The van der Waals surface area contributed by atoms with Crippen molar-refractivity contribution in [3.8, 4) is 0 Å². The van der Waals surface area contributed by atoms with Crippen LogP contribution in [0.5, 0.6) is 0 Å². The first-order valence-corrected chi connectivity index (χ1v) is 19.8. The summed E-state index contributed by atoms with van der Waals surface area (Å²) in [5.41, 5.74) is 10.7. The Morgan fingerprint density at radius 3 is 2.36 bits per heavy atom. The maximum atomic E-state index is 14.3. The molecule has 4 atom stereocenters. The predicted octanol–water partition coefficient (Wildman–Crippen LogP) is 7.14. The van der Waals surface area contributed by atoms with Gasteiger partial charge in [0.15, 0.2) is 5.78 Å². The molecule has 0 radical (unpaired) electrons. The van der Waals surface area contributed by atoms with E-state index >= 15 is 0 Å². The van der Waals surface area contributed by atoms with Gasteiger partial charge in [-0.1, -0.05) is 105 Å². The second kappa shape index (κ2) is 17.9. The molecule has 1 fully saturated rings. The van der Waals surface area contributed by atoms with Crippen LogP contribution in [0, 0.1) is 44.4 Å².